The van der Waals surface area contributed by atoms with Gasteiger partial charge < -0.3 is 10.1 Å². The highest BCUT2D eigenvalue weighted by Gasteiger charge is 2.15. The van der Waals surface area contributed by atoms with Crippen molar-refractivity contribution in [3.8, 4) is 5.75 Å². The first-order chi connectivity index (χ1) is 15.5. The number of amides is 1. The van der Waals surface area contributed by atoms with E-state index in [1.165, 1.54) is 39.9 Å². The van der Waals surface area contributed by atoms with Gasteiger partial charge in [0, 0.05) is 22.5 Å². The third-order valence-electron chi connectivity index (χ3n) is 5.01. The molecule has 4 rings (SSSR count). The molecular weight excluding hydrogens is 444 g/mol. The second-order valence-corrected chi connectivity index (χ2v) is 9.72. The van der Waals surface area contributed by atoms with Crippen LogP contribution in [0.15, 0.2) is 83.1 Å². The molecule has 0 bridgehead atoms. The predicted octanol–water partition coefficient (Wildman–Crippen LogP) is 4.68. The molecule has 32 heavy (non-hydrogen) atoms. The third-order valence-corrected chi connectivity index (χ3v) is 7.42. The lowest BCUT2D eigenvalue weighted by atomic mass is 10.1. The second-order valence-electron chi connectivity index (χ2n) is 7.12. The Bertz CT molecular complexity index is 1330. The van der Waals surface area contributed by atoms with Crippen LogP contribution >= 0.6 is 11.3 Å². The van der Waals surface area contributed by atoms with Gasteiger partial charge in [0.15, 0.2) is 0 Å². The minimum absolute atomic E-state index is 0.0783. The number of sulfonamides is 1. The Labute approximate surface area is 190 Å². The van der Waals surface area contributed by atoms with E-state index in [-0.39, 0.29) is 10.8 Å². The lowest BCUT2D eigenvalue weighted by molar-refractivity contribution is 0.0954. The summed E-state index contributed by atoms with van der Waals surface area (Å²) in [5, 5.41) is 6.23. The fourth-order valence-corrected chi connectivity index (χ4v) is 5.35. The molecule has 0 unspecified atom stereocenters. The number of thiophene rings is 1. The molecule has 1 aromatic heterocycles. The summed E-state index contributed by atoms with van der Waals surface area (Å²) in [6.07, 6.45) is 0.730. The van der Waals surface area contributed by atoms with Crippen molar-refractivity contribution < 1.29 is 17.9 Å². The molecule has 0 saturated heterocycles. The lowest BCUT2D eigenvalue weighted by Gasteiger charge is -2.10. The monoisotopic (exact) mass is 466 g/mol. The summed E-state index contributed by atoms with van der Waals surface area (Å²) in [6, 6.07) is 20.6. The van der Waals surface area contributed by atoms with Crippen molar-refractivity contribution in [2.45, 2.75) is 11.3 Å². The molecule has 0 aliphatic rings. The van der Waals surface area contributed by atoms with Crippen LogP contribution in [-0.2, 0) is 16.4 Å². The predicted molar refractivity (Wildman–Crippen MR) is 128 cm³/mol. The first-order valence-corrected chi connectivity index (χ1v) is 12.3. The summed E-state index contributed by atoms with van der Waals surface area (Å²) in [4.78, 5) is 12.5. The molecule has 0 fully saturated rings. The van der Waals surface area contributed by atoms with E-state index in [1.807, 2.05) is 12.1 Å². The Hall–Kier alpha value is -3.36. The van der Waals surface area contributed by atoms with E-state index in [2.05, 4.69) is 27.6 Å². The molecule has 0 saturated carbocycles. The van der Waals surface area contributed by atoms with Gasteiger partial charge in [-0.3, -0.25) is 9.52 Å². The highest BCUT2D eigenvalue weighted by molar-refractivity contribution is 7.92. The fraction of sp³-hybridized carbons (Fsp3) is 0.125. The number of ether oxygens (including phenoxy) is 1. The number of hydrogen-bond acceptors (Lipinski definition) is 5. The quantitative estimate of drug-likeness (QED) is 0.395. The number of rotatable bonds is 8. The molecule has 0 radical (unpaired) electrons. The maximum atomic E-state index is 12.6. The number of hydrogen-bond donors (Lipinski definition) is 2. The Balaban J connectivity index is 1.36. The van der Waals surface area contributed by atoms with Crippen LogP contribution in [0.4, 0.5) is 5.69 Å². The lowest BCUT2D eigenvalue weighted by Crippen LogP contribution is -2.25. The van der Waals surface area contributed by atoms with Gasteiger partial charge in [0.05, 0.1) is 12.0 Å². The van der Waals surface area contributed by atoms with E-state index in [9.17, 15) is 13.2 Å². The van der Waals surface area contributed by atoms with Gasteiger partial charge in [0.1, 0.15) is 5.75 Å². The van der Waals surface area contributed by atoms with Crippen LogP contribution in [0.2, 0.25) is 0 Å². The maximum absolute atomic E-state index is 12.6. The van der Waals surface area contributed by atoms with Gasteiger partial charge in [-0.25, -0.2) is 8.42 Å². The topological polar surface area (TPSA) is 84.5 Å². The molecule has 6 nitrogen and oxygen atoms in total. The van der Waals surface area contributed by atoms with Crippen LogP contribution in [0.1, 0.15) is 15.9 Å². The van der Waals surface area contributed by atoms with Gasteiger partial charge in [-0.2, -0.15) is 0 Å². The largest absolute Gasteiger partial charge is 0.497 e. The second kappa shape index (κ2) is 9.42. The van der Waals surface area contributed by atoms with Gasteiger partial charge in [0.25, 0.3) is 15.9 Å². The van der Waals surface area contributed by atoms with Gasteiger partial charge in [-0.05, 0) is 77.3 Å². The number of nitrogens with one attached hydrogen (secondary N) is 2. The average Bonchev–Trinajstić information content (AvgIpc) is 3.22. The van der Waals surface area contributed by atoms with Crippen molar-refractivity contribution in [1.82, 2.24) is 5.32 Å². The number of benzene rings is 3. The average molecular weight is 467 g/mol. The van der Waals surface area contributed by atoms with Crippen LogP contribution in [0.3, 0.4) is 0 Å². The fourth-order valence-electron chi connectivity index (χ4n) is 3.30. The van der Waals surface area contributed by atoms with Crippen LogP contribution in [0, 0.1) is 0 Å². The Morgan fingerprint density at radius 1 is 0.969 bits per heavy atom. The van der Waals surface area contributed by atoms with E-state index in [4.69, 9.17) is 4.74 Å². The van der Waals surface area contributed by atoms with Crippen molar-refractivity contribution in [3.05, 3.63) is 89.3 Å². The van der Waals surface area contributed by atoms with Crippen LogP contribution < -0.4 is 14.8 Å². The van der Waals surface area contributed by atoms with Gasteiger partial charge in [-0.1, -0.05) is 18.2 Å². The maximum Gasteiger partial charge on any atom is 0.261 e. The number of fused-ring (bicyclic) bond motifs is 1. The molecule has 0 spiro atoms. The smallest absolute Gasteiger partial charge is 0.261 e. The Kier molecular flexibility index (Phi) is 6.43. The van der Waals surface area contributed by atoms with Crippen LogP contribution in [0.25, 0.3) is 10.1 Å². The molecule has 4 aromatic rings. The van der Waals surface area contributed by atoms with E-state index in [0.29, 0.717) is 23.5 Å². The Morgan fingerprint density at radius 3 is 2.41 bits per heavy atom. The van der Waals surface area contributed by atoms with Gasteiger partial charge >= 0.3 is 0 Å². The van der Waals surface area contributed by atoms with E-state index in [0.717, 1.165) is 6.42 Å². The summed E-state index contributed by atoms with van der Waals surface area (Å²) >= 11 is 1.69. The number of methoxy groups -OCH3 is 1. The highest BCUT2D eigenvalue weighted by Crippen LogP contribution is 2.25. The summed E-state index contributed by atoms with van der Waals surface area (Å²) < 4.78 is 34.0. The summed E-state index contributed by atoms with van der Waals surface area (Å²) in [5.41, 5.74) is 2.04. The van der Waals surface area contributed by atoms with Crippen molar-refractivity contribution in [2.75, 3.05) is 18.4 Å². The third kappa shape index (κ3) is 4.92. The molecule has 1 amide bonds. The number of carbonyl (C=O) groups excluding carboxylic acids is 1. The van der Waals surface area contributed by atoms with E-state index in [1.54, 1.807) is 42.7 Å². The molecule has 0 atom stereocenters. The highest BCUT2D eigenvalue weighted by atomic mass is 32.2. The SMILES string of the molecule is COc1ccc(NS(=O)(=O)c2ccc(C(=O)NCCc3csc4ccccc34)cc2)cc1. The molecule has 0 aliphatic carbocycles. The Morgan fingerprint density at radius 2 is 1.69 bits per heavy atom. The molecule has 0 aliphatic heterocycles. The standard InChI is InChI=1S/C24H22N2O4S2/c1-30-20-10-8-19(9-11-20)26-32(28,29)21-12-6-17(7-13-21)24(27)25-15-14-18-16-31-23-5-3-2-4-22(18)23/h2-13,16,26H,14-15H2,1H3,(H,25,27). The molecule has 1 heterocycles. The van der Waals surface area contributed by atoms with E-state index >= 15 is 0 Å². The minimum Gasteiger partial charge on any atom is -0.497 e. The first kappa shape index (κ1) is 21.9. The molecular formula is C24H22N2O4S2. The van der Waals surface area contributed by atoms with Crippen molar-refractivity contribution >= 4 is 43.0 Å². The minimum atomic E-state index is -3.76. The van der Waals surface area contributed by atoms with Gasteiger partial charge in [0.2, 0.25) is 0 Å². The zero-order valence-corrected chi connectivity index (χ0v) is 19.0. The molecule has 164 valence electrons. The first-order valence-electron chi connectivity index (χ1n) is 9.96. The number of anilines is 1. The van der Waals surface area contributed by atoms with Gasteiger partial charge in [-0.15, -0.1) is 11.3 Å². The zero-order chi connectivity index (χ0) is 22.6. The zero-order valence-electron chi connectivity index (χ0n) is 17.4. The van der Waals surface area contributed by atoms with Crippen LogP contribution in [0.5, 0.6) is 5.75 Å². The molecule has 3 aromatic carbocycles. The normalized spacial score (nSPS) is 11.3. The van der Waals surface area contributed by atoms with Crippen molar-refractivity contribution in [3.63, 3.8) is 0 Å². The summed E-state index contributed by atoms with van der Waals surface area (Å²) in [7, 11) is -2.22. The summed E-state index contributed by atoms with van der Waals surface area (Å²) in [6.45, 7) is 0.499. The van der Waals surface area contributed by atoms with Crippen molar-refractivity contribution in [2.24, 2.45) is 0 Å². The molecule has 8 heteroatoms. The summed E-state index contributed by atoms with van der Waals surface area (Å²) in [5.74, 6) is 0.395. The number of carbonyl (C=O) groups is 1. The van der Waals surface area contributed by atoms with Crippen LogP contribution in [-0.4, -0.2) is 28.0 Å². The van der Waals surface area contributed by atoms with E-state index < -0.39 is 10.0 Å². The molecule has 2 N–H and O–H groups in total. The van der Waals surface area contributed by atoms with Crippen molar-refractivity contribution in [1.29, 1.82) is 0 Å².